The number of benzene rings is 4. The topological polar surface area (TPSA) is 72.0 Å². The SMILES string of the molecule is CCOc1cc(/C=N/NC(=O)CNc2cccc3ccccc23)ccc1OCc1ccccc1. The molecule has 0 aliphatic carbocycles. The van der Waals surface area contributed by atoms with Crippen LogP contribution in [0.5, 0.6) is 11.5 Å². The Kier molecular flexibility index (Phi) is 7.74. The van der Waals surface area contributed by atoms with Crippen LogP contribution in [-0.4, -0.2) is 25.3 Å². The molecule has 0 atom stereocenters. The minimum absolute atomic E-state index is 0.113. The summed E-state index contributed by atoms with van der Waals surface area (Å²) in [6.45, 7) is 3.00. The quantitative estimate of drug-likeness (QED) is 0.250. The lowest BCUT2D eigenvalue weighted by Gasteiger charge is -2.12. The van der Waals surface area contributed by atoms with Crippen molar-refractivity contribution in [2.24, 2.45) is 5.10 Å². The third-order valence-corrected chi connectivity index (χ3v) is 5.14. The Morgan fingerprint density at radius 1 is 0.882 bits per heavy atom. The number of hydrogen-bond donors (Lipinski definition) is 2. The summed E-state index contributed by atoms with van der Waals surface area (Å²) >= 11 is 0. The molecule has 0 radical (unpaired) electrons. The number of rotatable bonds is 10. The third kappa shape index (κ3) is 6.13. The molecule has 4 aromatic rings. The number of carbonyl (C=O) groups excluding carboxylic acids is 1. The summed E-state index contributed by atoms with van der Waals surface area (Å²) in [7, 11) is 0. The van der Waals surface area contributed by atoms with Crippen molar-refractivity contribution in [3.05, 3.63) is 102 Å². The molecule has 4 aromatic carbocycles. The molecular formula is C28H27N3O3. The summed E-state index contributed by atoms with van der Waals surface area (Å²) in [5, 5.41) is 9.44. The molecular weight excluding hydrogens is 426 g/mol. The largest absolute Gasteiger partial charge is 0.490 e. The molecule has 34 heavy (non-hydrogen) atoms. The van der Waals surface area contributed by atoms with E-state index in [1.54, 1.807) is 6.21 Å². The summed E-state index contributed by atoms with van der Waals surface area (Å²) in [5.74, 6) is 1.05. The Morgan fingerprint density at radius 2 is 1.68 bits per heavy atom. The average molecular weight is 454 g/mol. The molecule has 6 nitrogen and oxygen atoms in total. The van der Waals surface area contributed by atoms with Gasteiger partial charge >= 0.3 is 0 Å². The van der Waals surface area contributed by atoms with E-state index in [0.717, 1.165) is 27.6 Å². The van der Waals surface area contributed by atoms with Gasteiger partial charge in [-0.1, -0.05) is 66.7 Å². The van der Waals surface area contributed by atoms with Crippen molar-refractivity contribution in [3.8, 4) is 11.5 Å². The van der Waals surface area contributed by atoms with Gasteiger partial charge in [-0.15, -0.1) is 0 Å². The monoisotopic (exact) mass is 453 g/mol. The van der Waals surface area contributed by atoms with Crippen molar-refractivity contribution < 1.29 is 14.3 Å². The highest BCUT2D eigenvalue weighted by molar-refractivity contribution is 5.95. The number of hydrogen-bond acceptors (Lipinski definition) is 5. The van der Waals surface area contributed by atoms with Crippen LogP contribution >= 0.6 is 0 Å². The van der Waals surface area contributed by atoms with Crippen LogP contribution in [0.1, 0.15) is 18.1 Å². The molecule has 172 valence electrons. The summed E-state index contributed by atoms with van der Waals surface area (Å²) in [6.07, 6.45) is 1.58. The van der Waals surface area contributed by atoms with Crippen molar-refractivity contribution in [3.63, 3.8) is 0 Å². The zero-order chi connectivity index (χ0) is 23.6. The number of nitrogens with one attached hydrogen (secondary N) is 2. The Bertz CT molecular complexity index is 1270. The van der Waals surface area contributed by atoms with Gasteiger partial charge in [0.25, 0.3) is 5.91 Å². The van der Waals surface area contributed by atoms with Gasteiger partial charge in [0.1, 0.15) is 6.61 Å². The van der Waals surface area contributed by atoms with Crippen molar-refractivity contribution in [2.45, 2.75) is 13.5 Å². The molecule has 0 unspecified atom stereocenters. The number of ether oxygens (including phenoxy) is 2. The van der Waals surface area contributed by atoms with Crippen LogP contribution in [0.25, 0.3) is 10.8 Å². The summed E-state index contributed by atoms with van der Waals surface area (Å²) in [4.78, 5) is 12.3. The molecule has 0 saturated heterocycles. The second kappa shape index (κ2) is 11.5. The molecule has 0 bridgehead atoms. The highest BCUT2D eigenvalue weighted by atomic mass is 16.5. The first-order chi connectivity index (χ1) is 16.7. The van der Waals surface area contributed by atoms with Crippen LogP contribution in [0, 0.1) is 0 Å². The van der Waals surface area contributed by atoms with E-state index in [-0.39, 0.29) is 12.5 Å². The predicted octanol–water partition coefficient (Wildman–Crippen LogP) is 5.38. The molecule has 4 rings (SSSR count). The predicted molar refractivity (Wildman–Crippen MR) is 137 cm³/mol. The fraction of sp³-hybridized carbons (Fsp3) is 0.143. The second-order valence-electron chi connectivity index (χ2n) is 7.59. The van der Waals surface area contributed by atoms with E-state index in [1.807, 2.05) is 97.9 Å². The normalized spacial score (nSPS) is 10.9. The Labute approximate surface area is 199 Å². The molecule has 0 heterocycles. The Morgan fingerprint density at radius 3 is 2.53 bits per heavy atom. The molecule has 0 aromatic heterocycles. The third-order valence-electron chi connectivity index (χ3n) is 5.14. The van der Waals surface area contributed by atoms with Crippen LogP contribution in [0.15, 0.2) is 96.1 Å². The van der Waals surface area contributed by atoms with E-state index in [0.29, 0.717) is 24.7 Å². The molecule has 1 amide bonds. The first kappa shape index (κ1) is 22.9. The number of anilines is 1. The summed E-state index contributed by atoms with van der Waals surface area (Å²) in [6, 6.07) is 29.5. The average Bonchev–Trinajstić information content (AvgIpc) is 2.88. The lowest BCUT2D eigenvalue weighted by Crippen LogP contribution is -2.25. The van der Waals surface area contributed by atoms with E-state index in [2.05, 4.69) is 15.8 Å². The van der Waals surface area contributed by atoms with Crippen molar-refractivity contribution >= 4 is 28.6 Å². The van der Waals surface area contributed by atoms with Gasteiger partial charge in [0.2, 0.25) is 0 Å². The van der Waals surface area contributed by atoms with Gasteiger partial charge in [-0.05, 0) is 47.7 Å². The number of nitrogens with zero attached hydrogens (tertiary/aromatic N) is 1. The van der Waals surface area contributed by atoms with E-state index >= 15 is 0 Å². The van der Waals surface area contributed by atoms with E-state index in [1.165, 1.54) is 0 Å². The van der Waals surface area contributed by atoms with Crippen LogP contribution < -0.4 is 20.2 Å². The standard InChI is InChI=1S/C28H27N3O3/c1-2-33-27-17-22(15-16-26(27)34-20-21-9-4-3-5-10-21)18-30-31-28(32)19-29-25-14-8-12-23-11-6-7-13-24(23)25/h3-18,29H,2,19-20H2,1H3,(H,31,32)/b30-18+. The van der Waals surface area contributed by atoms with Gasteiger partial charge in [0, 0.05) is 11.1 Å². The zero-order valence-electron chi connectivity index (χ0n) is 19.0. The summed E-state index contributed by atoms with van der Waals surface area (Å²) in [5.41, 5.74) is 5.33. The van der Waals surface area contributed by atoms with Crippen LogP contribution in [0.4, 0.5) is 5.69 Å². The van der Waals surface area contributed by atoms with Crippen LogP contribution in [0.2, 0.25) is 0 Å². The maximum absolute atomic E-state index is 12.3. The summed E-state index contributed by atoms with van der Waals surface area (Å²) < 4.78 is 11.7. The van der Waals surface area contributed by atoms with Crippen molar-refractivity contribution in [1.29, 1.82) is 0 Å². The maximum Gasteiger partial charge on any atom is 0.259 e. The molecule has 0 spiro atoms. The highest BCUT2D eigenvalue weighted by Gasteiger charge is 2.07. The number of carbonyl (C=O) groups is 1. The Balaban J connectivity index is 1.33. The van der Waals surface area contributed by atoms with Gasteiger partial charge in [-0.25, -0.2) is 5.43 Å². The minimum atomic E-state index is -0.239. The first-order valence-corrected chi connectivity index (χ1v) is 11.2. The van der Waals surface area contributed by atoms with Gasteiger partial charge in [0.05, 0.1) is 19.4 Å². The van der Waals surface area contributed by atoms with E-state index < -0.39 is 0 Å². The molecule has 0 aliphatic rings. The molecule has 6 heteroatoms. The molecule has 0 aliphatic heterocycles. The zero-order valence-corrected chi connectivity index (χ0v) is 19.0. The fourth-order valence-corrected chi connectivity index (χ4v) is 3.50. The minimum Gasteiger partial charge on any atom is -0.490 e. The van der Waals surface area contributed by atoms with Crippen LogP contribution in [0.3, 0.4) is 0 Å². The van der Waals surface area contributed by atoms with E-state index in [4.69, 9.17) is 9.47 Å². The Hall–Kier alpha value is -4.32. The maximum atomic E-state index is 12.3. The highest BCUT2D eigenvalue weighted by Crippen LogP contribution is 2.29. The molecule has 0 fully saturated rings. The smallest absolute Gasteiger partial charge is 0.259 e. The van der Waals surface area contributed by atoms with Gasteiger partial charge in [-0.3, -0.25) is 4.79 Å². The second-order valence-corrected chi connectivity index (χ2v) is 7.59. The van der Waals surface area contributed by atoms with Crippen molar-refractivity contribution in [1.82, 2.24) is 5.43 Å². The molecule has 2 N–H and O–H groups in total. The lowest BCUT2D eigenvalue weighted by molar-refractivity contribution is -0.119. The number of hydrazone groups is 1. The first-order valence-electron chi connectivity index (χ1n) is 11.2. The molecule has 0 saturated carbocycles. The van der Waals surface area contributed by atoms with Crippen LogP contribution in [-0.2, 0) is 11.4 Å². The van der Waals surface area contributed by atoms with Crippen molar-refractivity contribution in [2.75, 3.05) is 18.5 Å². The van der Waals surface area contributed by atoms with E-state index in [9.17, 15) is 4.79 Å². The number of amides is 1. The number of fused-ring (bicyclic) bond motifs is 1. The van der Waals surface area contributed by atoms with Gasteiger partial charge in [-0.2, -0.15) is 5.10 Å². The van der Waals surface area contributed by atoms with Gasteiger partial charge in [0.15, 0.2) is 11.5 Å². The fourth-order valence-electron chi connectivity index (χ4n) is 3.50. The van der Waals surface area contributed by atoms with Gasteiger partial charge < -0.3 is 14.8 Å². The lowest BCUT2D eigenvalue weighted by atomic mass is 10.1.